The number of rotatable bonds is 4. The van der Waals surface area contributed by atoms with E-state index in [1.807, 2.05) is 12.1 Å². The van der Waals surface area contributed by atoms with E-state index in [9.17, 15) is 13.2 Å². The summed E-state index contributed by atoms with van der Waals surface area (Å²) in [5.74, 6) is 0.766. The third kappa shape index (κ3) is 6.19. The summed E-state index contributed by atoms with van der Waals surface area (Å²) in [6.45, 7) is 2.83. The second-order valence-electron chi connectivity index (χ2n) is 9.42. The fraction of sp³-hybridized carbons (Fsp3) is 0.519. The van der Waals surface area contributed by atoms with Crippen molar-refractivity contribution < 1.29 is 22.7 Å². The van der Waals surface area contributed by atoms with Crippen LogP contribution in [0.4, 0.5) is 0 Å². The normalized spacial score (nSPS) is 20.4. The van der Waals surface area contributed by atoms with Gasteiger partial charge in [0.05, 0.1) is 24.2 Å². The Kier molecular flexibility index (Phi) is 8.87. The van der Waals surface area contributed by atoms with E-state index >= 15 is 0 Å². The van der Waals surface area contributed by atoms with E-state index in [4.69, 9.17) is 9.47 Å². The zero-order valence-corrected chi connectivity index (χ0v) is 22.1. The summed E-state index contributed by atoms with van der Waals surface area (Å²) in [5.41, 5.74) is 1.48. The number of benzene rings is 2. The lowest BCUT2D eigenvalue weighted by Gasteiger charge is -2.37. The first kappa shape index (κ1) is 26.4. The second kappa shape index (κ2) is 12.1. The summed E-state index contributed by atoms with van der Waals surface area (Å²) >= 11 is 0. The Labute approximate surface area is 214 Å². The zero-order valence-electron chi connectivity index (χ0n) is 21.2. The SMILES string of the molecule is CNC(=O)c1cc(S(=O)(=O)N2CCCOc3cccc(c3)CCC3CCCCN3CC2)ccc1OC. The summed E-state index contributed by atoms with van der Waals surface area (Å²) in [4.78, 5) is 14.9. The van der Waals surface area contributed by atoms with E-state index in [1.165, 1.54) is 38.3 Å². The van der Waals surface area contributed by atoms with Gasteiger partial charge in [-0.3, -0.25) is 9.69 Å². The highest BCUT2D eigenvalue weighted by molar-refractivity contribution is 7.89. The van der Waals surface area contributed by atoms with Crippen molar-refractivity contribution in [2.24, 2.45) is 0 Å². The van der Waals surface area contributed by atoms with Crippen molar-refractivity contribution >= 4 is 15.9 Å². The molecule has 1 atom stereocenters. The summed E-state index contributed by atoms with van der Waals surface area (Å²) in [5, 5.41) is 2.55. The molecule has 0 spiro atoms. The molecule has 36 heavy (non-hydrogen) atoms. The summed E-state index contributed by atoms with van der Waals surface area (Å²) in [6.07, 6.45) is 6.07. The van der Waals surface area contributed by atoms with Crippen molar-refractivity contribution in [2.45, 2.75) is 49.5 Å². The van der Waals surface area contributed by atoms with Crippen LogP contribution in [-0.4, -0.2) is 76.5 Å². The van der Waals surface area contributed by atoms with Gasteiger partial charge < -0.3 is 14.8 Å². The van der Waals surface area contributed by atoms with Gasteiger partial charge in [0.1, 0.15) is 11.5 Å². The highest BCUT2D eigenvalue weighted by atomic mass is 32.2. The lowest BCUT2D eigenvalue weighted by molar-refractivity contribution is 0.0960. The van der Waals surface area contributed by atoms with E-state index in [1.54, 1.807) is 10.4 Å². The molecule has 8 nitrogen and oxygen atoms in total. The van der Waals surface area contributed by atoms with Crippen LogP contribution in [0.2, 0.25) is 0 Å². The van der Waals surface area contributed by atoms with Gasteiger partial charge in [-0.05, 0) is 74.5 Å². The number of amides is 1. The lowest BCUT2D eigenvalue weighted by atomic mass is 9.95. The number of fused-ring (bicyclic) bond motifs is 3. The van der Waals surface area contributed by atoms with Crippen molar-refractivity contribution in [3.8, 4) is 11.5 Å². The number of aryl methyl sites for hydroxylation is 1. The molecule has 0 radical (unpaired) electrons. The zero-order chi connectivity index (χ0) is 25.5. The minimum absolute atomic E-state index is 0.0897. The third-order valence-corrected chi connectivity index (χ3v) is 9.05. The van der Waals surface area contributed by atoms with Gasteiger partial charge >= 0.3 is 0 Å². The highest BCUT2D eigenvalue weighted by Gasteiger charge is 2.29. The number of hydrogen-bond donors (Lipinski definition) is 1. The van der Waals surface area contributed by atoms with Gasteiger partial charge in [-0.15, -0.1) is 0 Å². The largest absolute Gasteiger partial charge is 0.496 e. The van der Waals surface area contributed by atoms with Crippen LogP contribution < -0.4 is 14.8 Å². The third-order valence-electron chi connectivity index (χ3n) is 7.15. The van der Waals surface area contributed by atoms with Crippen LogP contribution in [0.15, 0.2) is 47.4 Å². The molecule has 2 aromatic carbocycles. The van der Waals surface area contributed by atoms with Gasteiger partial charge in [0, 0.05) is 32.7 Å². The minimum Gasteiger partial charge on any atom is -0.496 e. The van der Waals surface area contributed by atoms with E-state index in [0.29, 0.717) is 44.5 Å². The van der Waals surface area contributed by atoms with Gasteiger partial charge in [0.25, 0.3) is 5.91 Å². The maximum atomic E-state index is 13.8. The molecule has 2 aliphatic heterocycles. The minimum atomic E-state index is -3.83. The lowest BCUT2D eigenvalue weighted by Crippen LogP contribution is -2.45. The average Bonchev–Trinajstić information content (AvgIpc) is 2.90. The van der Waals surface area contributed by atoms with E-state index in [2.05, 4.69) is 22.3 Å². The first-order valence-electron chi connectivity index (χ1n) is 12.8. The molecule has 0 aliphatic carbocycles. The van der Waals surface area contributed by atoms with Crippen LogP contribution >= 0.6 is 0 Å². The van der Waals surface area contributed by atoms with Crippen LogP contribution in [0.1, 0.15) is 48.0 Å². The fourth-order valence-electron chi connectivity index (χ4n) is 5.14. The van der Waals surface area contributed by atoms with Gasteiger partial charge in [-0.2, -0.15) is 4.31 Å². The van der Waals surface area contributed by atoms with Crippen LogP contribution in [-0.2, 0) is 16.4 Å². The Morgan fingerprint density at radius 3 is 2.69 bits per heavy atom. The number of carbonyl (C=O) groups excluding carboxylic acids is 1. The van der Waals surface area contributed by atoms with Gasteiger partial charge in [-0.1, -0.05) is 18.6 Å². The number of hydrogen-bond acceptors (Lipinski definition) is 6. The highest BCUT2D eigenvalue weighted by Crippen LogP contribution is 2.27. The van der Waals surface area contributed by atoms with Crippen LogP contribution in [0.3, 0.4) is 0 Å². The first-order valence-corrected chi connectivity index (χ1v) is 14.2. The Morgan fingerprint density at radius 1 is 1.03 bits per heavy atom. The first-order chi connectivity index (χ1) is 17.4. The standard InChI is InChI=1S/C27H37N3O5S/c1-28-27(31)25-20-24(12-13-26(25)34-2)36(32,33)30-15-6-18-35-23-9-5-7-21(19-23)10-11-22-8-3-4-14-29(22)16-17-30/h5,7,9,12-13,19-20,22H,3-4,6,8,10-11,14-18H2,1-2H3,(H,28,31). The Balaban J connectivity index is 1.61. The predicted octanol–water partition coefficient (Wildman–Crippen LogP) is 3.32. The Bertz CT molecular complexity index is 1150. The van der Waals surface area contributed by atoms with E-state index in [-0.39, 0.29) is 10.5 Å². The van der Waals surface area contributed by atoms with Crippen molar-refractivity contribution in [1.82, 2.24) is 14.5 Å². The number of piperidine rings is 1. The molecule has 0 saturated carbocycles. The van der Waals surface area contributed by atoms with E-state index in [0.717, 1.165) is 38.0 Å². The number of carbonyl (C=O) groups is 1. The Morgan fingerprint density at radius 2 is 1.89 bits per heavy atom. The van der Waals surface area contributed by atoms with Crippen molar-refractivity contribution in [1.29, 1.82) is 0 Å². The summed E-state index contributed by atoms with van der Waals surface area (Å²) < 4.78 is 40.4. The summed E-state index contributed by atoms with van der Waals surface area (Å²) in [7, 11) is -0.864. The number of nitrogens with one attached hydrogen (secondary N) is 1. The topological polar surface area (TPSA) is 88.2 Å². The van der Waals surface area contributed by atoms with E-state index < -0.39 is 15.9 Å². The predicted molar refractivity (Wildman–Crippen MR) is 139 cm³/mol. The number of nitrogens with zero attached hydrogens (tertiary/aromatic N) is 2. The maximum absolute atomic E-state index is 13.8. The molecule has 0 aromatic heterocycles. The molecule has 1 fully saturated rings. The summed E-state index contributed by atoms with van der Waals surface area (Å²) in [6, 6.07) is 13.1. The van der Waals surface area contributed by atoms with Crippen molar-refractivity contribution in [3.05, 3.63) is 53.6 Å². The molecular weight excluding hydrogens is 478 g/mol. The number of methoxy groups -OCH3 is 1. The smallest absolute Gasteiger partial charge is 0.254 e. The molecule has 1 unspecified atom stereocenters. The average molecular weight is 516 g/mol. The molecule has 2 heterocycles. The molecule has 2 aromatic rings. The van der Waals surface area contributed by atoms with Crippen LogP contribution in [0.25, 0.3) is 0 Å². The number of sulfonamides is 1. The molecule has 1 amide bonds. The van der Waals surface area contributed by atoms with Crippen molar-refractivity contribution in [2.75, 3.05) is 46.9 Å². The van der Waals surface area contributed by atoms with Gasteiger partial charge in [-0.25, -0.2) is 8.42 Å². The molecule has 1 N–H and O–H groups in total. The van der Waals surface area contributed by atoms with Gasteiger partial charge in [0.2, 0.25) is 10.0 Å². The van der Waals surface area contributed by atoms with Gasteiger partial charge in [0.15, 0.2) is 0 Å². The molecule has 9 heteroatoms. The molecule has 1 saturated heterocycles. The fourth-order valence-corrected chi connectivity index (χ4v) is 6.63. The van der Waals surface area contributed by atoms with Crippen LogP contribution in [0, 0.1) is 0 Å². The molecule has 2 aliphatic rings. The van der Waals surface area contributed by atoms with Crippen LogP contribution in [0.5, 0.6) is 11.5 Å². The quantitative estimate of drug-likeness (QED) is 0.672. The second-order valence-corrected chi connectivity index (χ2v) is 11.4. The maximum Gasteiger partial charge on any atom is 0.254 e. The molecule has 4 rings (SSSR count). The monoisotopic (exact) mass is 515 g/mol. The Hall–Kier alpha value is -2.62. The number of ether oxygens (including phenoxy) is 2. The molecule has 196 valence electrons. The van der Waals surface area contributed by atoms with Crippen molar-refractivity contribution in [3.63, 3.8) is 0 Å². The molecule has 2 bridgehead atoms. The molecular formula is C27H37N3O5S.